The molecule has 3 rings (SSSR count). The molecule has 4 amide bonds. The molecule has 0 spiro atoms. The Labute approximate surface area is 169 Å². The van der Waals surface area contributed by atoms with E-state index in [9.17, 15) is 27.6 Å². The van der Waals surface area contributed by atoms with Crippen LogP contribution in [0.2, 0.25) is 0 Å². The number of rotatable bonds is 4. The van der Waals surface area contributed by atoms with Crippen molar-refractivity contribution in [1.29, 1.82) is 0 Å². The summed E-state index contributed by atoms with van der Waals surface area (Å²) in [7, 11) is 1.33. The Hall–Kier alpha value is -3.56. The summed E-state index contributed by atoms with van der Waals surface area (Å²) in [6, 6.07) is 8.43. The van der Waals surface area contributed by atoms with Crippen LogP contribution in [0, 0.1) is 13.8 Å². The summed E-state index contributed by atoms with van der Waals surface area (Å²) in [5.41, 5.74) is -2.31. The lowest BCUT2D eigenvalue weighted by molar-refractivity contribution is -0.197. The molecule has 1 atom stereocenters. The number of halogens is 3. The first-order valence-electron chi connectivity index (χ1n) is 8.77. The number of methoxy groups -OCH3 is 1. The van der Waals surface area contributed by atoms with E-state index < -0.39 is 29.7 Å². The number of amides is 4. The van der Waals surface area contributed by atoms with Gasteiger partial charge in [0.1, 0.15) is 5.75 Å². The topological polar surface area (TPSA) is 87.7 Å². The summed E-state index contributed by atoms with van der Waals surface area (Å²) in [6.45, 7) is 3.47. The predicted octanol–water partition coefficient (Wildman–Crippen LogP) is 3.06. The van der Waals surface area contributed by atoms with Gasteiger partial charge in [0.15, 0.2) is 0 Å². The first-order valence-corrected chi connectivity index (χ1v) is 8.77. The fourth-order valence-corrected chi connectivity index (χ4v) is 2.98. The second-order valence-electron chi connectivity index (χ2n) is 6.77. The van der Waals surface area contributed by atoms with Gasteiger partial charge in [0, 0.05) is 5.56 Å². The Balaban J connectivity index is 2.01. The van der Waals surface area contributed by atoms with E-state index >= 15 is 0 Å². The molecular weight excluding hydrogens is 403 g/mol. The van der Waals surface area contributed by atoms with E-state index in [1.807, 2.05) is 0 Å². The number of urea groups is 1. The van der Waals surface area contributed by atoms with Gasteiger partial charge in [0.05, 0.1) is 12.8 Å². The third kappa shape index (κ3) is 3.44. The zero-order valence-electron chi connectivity index (χ0n) is 16.3. The van der Waals surface area contributed by atoms with Gasteiger partial charge in [-0.2, -0.15) is 13.2 Å². The summed E-state index contributed by atoms with van der Waals surface area (Å²) < 4.78 is 46.9. The maximum absolute atomic E-state index is 14.0. The molecule has 0 aliphatic carbocycles. The zero-order valence-corrected chi connectivity index (χ0v) is 16.3. The molecule has 1 heterocycles. The standard InChI is InChI=1S/C20H18F3N3O4/c1-11-7-8-14(9-12(11)2)26-17(28)19(20(21,22)23,25-18(26)29)24-16(27)13-5-4-6-15(10-13)30-3/h4-10H,1-3H3,(H,24,27)(H,25,29)/t19-/m0/s1. The van der Waals surface area contributed by atoms with Gasteiger partial charge in [-0.1, -0.05) is 12.1 Å². The van der Waals surface area contributed by atoms with Crippen molar-refractivity contribution in [1.82, 2.24) is 10.6 Å². The zero-order chi connectivity index (χ0) is 22.3. The van der Waals surface area contributed by atoms with Crippen LogP contribution >= 0.6 is 0 Å². The highest BCUT2D eigenvalue weighted by atomic mass is 19.4. The number of nitrogens with one attached hydrogen (secondary N) is 2. The molecule has 2 aromatic rings. The van der Waals surface area contributed by atoms with Crippen LogP contribution in [0.5, 0.6) is 5.75 Å². The lowest BCUT2D eigenvalue weighted by Crippen LogP contribution is -2.69. The largest absolute Gasteiger partial charge is 0.497 e. The van der Waals surface area contributed by atoms with Crippen molar-refractivity contribution < 1.29 is 32.3 Å². The number of ether oxygens (including phenoxy) is 1. The summed E-state index contributed by atoms with van der Waals surface area (Å²) in [4.78, 5) is 38.1. The summed E-state index contributed by atoms with van der Waals surface area (Å²) >= 11 is 0. The SMILES string of the molecule is COc1cccc(C(=O)N[C@]2(C(F)(F)F)NC(=O)N(c3ccc(C)c(C)c3)C2=O)c1. The van der Waals surface area contributed by atoms with Crippen LogP contribution in [0.15, 0.2) is 42.5 Å². The number of imide groups is 1. The van der Waals surface area contributed by atoms with E-state index in [1.54, 1.807) is 30.5 Å². The number of anilines is 1. The smallest absolute Gasteiger partial charge is 0.440 e. The Morgan fingerprint density at radius 2 is 1.80 bits per heavy atom. The molecule has 158 valence electrons. The van der Waals surface area contributed by atoms with Crippen molar-refractivity contribution in [2.24, 2.45) is 0 Å². The van der Waals surface area contributed by atoms with Crippen LogP contribution in [0.4, 0.5) is 23.7 Å². The van der Waals surface area contributed by atoms with Gasteiger partial charge in [-0.25, -0.2) is 9.69 Å². The molecule has 1 aliphatic heterocycles. The minimum absolute atomic E-state index is 0.0395. The molecule has 0 unspecified atom stereocenters. The highest BCUT2D eigenvalue weighted by molar-refractivity contribution is 6.24. The molecule has 0 aromatic heterocycles. The second kappa shape index (κ2) is 7.36. The number of aryl methyl sites for hydroxylation is 2. The fraction of sp³-hybridized carbons (Fsp3) is 0.250. The second-order valence-corrected chi connectivity index (χ2v) is 6.77. The van der Waals surface area contributed by atoms with Gasteiger partial charge < -0.3 is 10.1 Å². The van der Waals surface area contributed by atoms with Crippen molar-refractivity contribution in [2.75, 3.05) is 12.0 Å². The van der Waals surface area contributed by atoms with E-state index in [0.717, 1.165) is 5.56 Å². The van der Waals surface area contributed by atoms with Crippen molar-refractivity contribution in [3.8, 4) is 5.75 Å². The molecular formula is C20H18F3N3O4. The average molecular weight is 421 g/mol. The number of alkyl halides is 3. The van der Waals surface area contributed by atoms with Gasteiger partial charge in [-0.15, -0.1) is 0 Å². The van der Waals surface area contributed by atoms with Crippen molar-refractivity contribution in [2.45, 2.75) is 25.7 Å². The third-order valence-corrected chi connectivity index (χ3v) is 4.83. The maximum Gasteiger partial charge on any atom is 0.440 e. The number of carbonyl (C=O) groups excluding carboxylic acids is 3. The van der Waals surface area contributed by atoms with Crippen molar-refractivity contribution >= 4 is 23.5 Å². The number of hydrogen-bond donors (Lipinski definition) is 2. The van der Waals surface area contributed by atoms with Gasteiger partial charge in [-0.3, -0.25) is 14.9 Å². The molecule has 0 radical (unpaired) electrons. The van der Waals surface area contributed by atoms with E-state index in [4.69, 9.17) is 4.74 Å². The lowest BCUT2D eigenvalue weighted by atomic mass is 10.1. The number of hydrogen-bond acceptors (Lipinski definition) is 4. The molecule has 0 saturated carbocycles. The van der Waals surface area contributed by atoms with Crippen LogP contribution in [-0.4, -0.2) is 36.8 Å². The highest BCUT2D eigenvalue weighted by Crippen LogP contribution is 2.36. The molecule has 2 N–H and O–H groups in total. The highest BCUT2D eigenvalue weighted by Gasteiger charge is 2.69. The van der Waals surface area contributed by atoms with Crippen molar-refractivity contribution in [3.63, 3.8) is 0 Å². The van der Waals surface area contributed by atoms with Gasteiger partial charge in [0.2, 0.25) is 0 Å². The Bertz CT molecular complexity index is 1040. The first-order chi connectivity index (χ1) is 14.0. The van der Waals surface area contributed by atoms with Gasteiger partial charge in [-0.05, 0) is 55.3 Å². The average Bonchev–Trinajstić information content (AvgIpc) is 2.94. The quantitative estimate of drug-likeness (QED) is 0.743. The summed E-state index contributed by atoms with van der Waals surface area (Å²) in [5.74, 6) is -2.62. The monoisotopic (exact) mass is 421 g/mol. The van der Waals surface area contributed by atoms with E-state index in [0.29, 0.717) is 10.5 Å². The lowest BCUT2D eigenvalue weighted by Gasteiger charge is -2.30. The van der Waals surface area contributed by atoms with Crippen LogP contribution < -0.4 is 20.3 Å². The Morgan fingerprint density at radius 3 is 2.40 bits per heavy atom. The van der Waals surface area contributed by atoms with Gasteiger partial charge >= 0.3 is 12.2 Å². The van der Waals surface area contributed by atoms with Crippen LogP contribution in [0.25, 0.3) is 0 Å². The number of benzene rings is 2. The molecule has 7 nitrogen and oxygen atoms in total. The van der Waals surface area contributed by atoms with Crippen LogP contribution in [0.1, 0.15) is 21.5 Å². The molecule has 2 aromatic carbocycles. The molecule has 10 heteroatoms. The molecule has 1 fully saturated rings. The van der Waals surface area contributed by atoms with E-state index in [-0.39, 0.29) is 17.0 Å². The van der Waals surface area contributed by atoms with Crippen LogP contribution in [-0.2, 0) is 4.79 Å². The molecule has 30 heavy (non-hydrogen) atoms. The normalized spacial score (nSPS) is 18.9. The summed E-state index contributed by atoms with van der Waals surface area (Å²) in [5, 5.41) is 3.28. The van der Waals surface area contributed by atoms with E-state index in [2.05, 4.69) is 0 Å². The van der Waals surface area contributed by atoms with E-state index in [1.165, 1.54) is 43.5 Å². The Morgan fingerprint density at radius 1 is 1.10 bits per heavy atom. The molecule has 1 aliphatic rings. The third-order valence-electron chi connectivity index (χ3n) is 4.83. The minimum atomic E-state index is -5.30. The first kappa shape index (κ1) is 21.2. The van der Waals surface area contributed by atoms with Crippen LogP contribution in [0.3, 0.4) is 0 Å². The Kier molecular flexibility index (Phi) is 5.19. The fourth-order valence-electron chi connectivity index (χ4n) is 2.98. The summed E-state index contributed by atoms with van der Waals surface area (Å²) in [6.07, 6.45) is -5.30. The minimum Gasteiger partial charge on any atom is -0.497 e. The predicted molar refractivity (Wildman–Crippen MR) is 101 cm³/mol. The number of nitrogens with zero attached hydrogens (tertiary/aromatic N) is 1. The van der Waals surface area contributed by atoms with Gasteiger partial charge in [0.25, 0.3) is 17.5 Å². The number of carbonyl (C=O) groups is 3. The molecule has 1 saturated heterocycles. The molecule has 0 bridgehead atoms. The van der Waals surface area contributed by atoms with Crippen molar-refractivity contribution in [3.05, 3.63) is 59.2 Å². The maximum atomic E-state index is 14.0.